The SMILES string of the molecule is CCCCCCCCCCCCC(=O)O[C@H](COC(=O)CCCCCCCCCC)COP(=O)(O)OC[C@H](O)COP(=O)(O)OC[C@@H](COC(=O)CCCCCCCCCCC(C)CC)OC(=O)CCCCCCCCCCCCCCCCCCCCC(C)C. The van der Waals surface area contributed by atoms with Crippen LogP contribution in [0.2, 0.25) is 0 Å². The Morgan fingerprint density at radius 2 is 0.560 bits per heavy atom. The van der Waals surface area contributed by atoms with Crippen molar-refractivity contribution in [3.8, 4) is 0 Å². The van der Waals surface area contributed by atoms with Crippen LogP contribution in [-0.4, -0.2) is 96.7 Å². The van der Waals surface area contributed by atoms with Gasteiger partial charge in [0.1, 0.15) is 19.3 Å². The fourth-order valence-corrected chi connectivity index (χ4v) is 12.5. The smallest absolute Gasteiger partial charge is 0.462 e. The highest BCUT2D eigenvalue weighted by atomic mass is 31.2. The molecule has 0 saturated carbocycles. The van der Waals surface area contributed by atoms with Gasteiger partial charge in [-0.3, -0.25) is 37.3 Å². The van der Waals surface area contributed by atoms with Gasteiger partial charge in [0, 0.05) is 25.7 Å². The lowest BCUT2D eigenvalue weighted by Gasteiger charge is -2.21. The Bertz CT molecular complexity index is 1770. The Morgan fingerprint density at radius 3 is 0.835 bits per heavy atom. The van der Waals surface area contributed by atoms with Crippen LogP contribution in [-0.2, 0) is 65.4 Å². The van der Waals surface area contributed by atoms with Gasteiger partial charge < -0.3 is 33.8 Å². The molecule has 0 aliphatic carbocycles. The van der Waals surface area contributed by atoms with Crippen molar-refractivity contribution >= 4 is 39.5 Å². The summed E-state index contributed by atoms with van der Waals surface area (Å²) >= 11 is 0. The summed E-state index contributed by atoms with van der Waals surface area (Å²) in [6.07, 6.45) is 50.0. The summed E-state index contributed by atoms with van der Waals surface area (Å²) in [6.45, 7) is 9.56. The monoisotopic (exact) mass is 1340 g/mol. The molecule has 0 heterocycles. The molecule has 0 aromatic carbocycles. The van der Waals surface area contributed by atoms with E-state index < -0.39 is 97.5 Å². The van der Waals surface area contributed by atoms with Crippen molar-refractivity contribution in [2.45, 2.75) is 387 Å². The Morgan fingerprint density at radius 1 is 0.319 bits per heavy atom. The summed E-state index contributed by atoms with van der Waals surface area (Å²) in [4.78, 5) is 72.5. The number of carbonyl (C=O) groups is 4. The molecule has 0 spiro atoms. The molecule has 3 unspecified atom stereocenters. The van der Waals surface area contributed by atoms with E-state index in [4.69, 9.17) is 37.0 Å². The number of unbranched alkanes of at least 4 members (excludes halogenated alkanes) is 40. The van der Waals surface area contributed by atoms with E-state index in [1.54, 1.807) is 0 Å². The standard InChI is InChI=1S/C72H140O17P2/c1-7-10-12-14-16-18-30-38-44-50-56-71(76)88-67(60-82-69(74)54-48-42-36-17-15-13-11-8-2)62-86-90(78,79)84-58-66(73)59-85-91(80,81)87-63-68(61-83-70(75)55-49-43-37-33-32-35-41-47-53-65(6)9-3)89-72(77)57-51-45-39-31-28-26-24-22-20-19-21-23-25-27-29-34-40-46-52-64(4)5/h64-68,73H,7-63H2,1-6H3,(H,78,79)(H,80,81)/t65?,66-,67+,68+/m0/s1. The fraction of sp³-hybridized carbons (Fsp3) is 0.944. The van der Waals surface area contributed by atoms with Crippen molar-refractivity contribution in [1.29, 1.82) is 0 Å². The lowest BCUT2D eigenvalue weighted by Crippen LogP contribution is -2.30. The number of rotatable bonds is 71. The zero-order chi connectivity index (χ0) is 67.2. The molecule has 3 N–H and O–H groups in total. The van der Waals surface area contributed by atoms with Crippen LogP contribution in [0, 0.1) is 11.8 Å². The zero-order valence-corrected chi connectivity index (χ0v) is 60.9. The largest absolute Gasteiger partial charge is 0.472 e. The van der Waals surface area contributed by atoms with E-state index in [1.165, 1.54) is 180 Å². The van der Waals surface area contributed by atoms with Crippen molar-refractivity contribution < 1.29 is 80.2 Å². The maximum absolute atomic E-state index is 13.0. The van der Waals surface area contributed by atoms with Gasteiger partial charge in [-0.15, -0.1) is 0 Å². The Labute approximate surface area is 556 Å². The quantitative estimate of drug-likeness (QED) is 0.0222. The first kappa shape index (κ1) is 89.1. The summed E-state index contributed by atoms with van der Waals surface area (Å²) in [5, 5.41) is 10.6. The first-order valence-corrected chi connectivity index (χ1v) is 40.5. The normalized spacial score (nSPS) is 14.4. The van der Waals surface area contributed by atoms with Gasteiger partial charge in [-0.1, -0.05) is 318 Å². The molecule has 17 nitrogen and oxygen atoms in total. The average molecular weight is 1340 g/mol. The summed E-state index contributed by atoms with van der Waals surface area (Å²) < 4.78 is 68.2. The number of hydrogen-bond acceptors (Lipinski definition) is 15. The molecule has 540 valence electrons. The minimum Gasteiger partial charge on any atom is -0.462 e. The molecule has 0 radical (unpaired) electrons. The number of hydrogen-bond donors (Lipinski definition) is 3. The van der Waals surface area contributed by atoms with E-state index in [1.807, 2.05) is 0 Å². The predicted molar refractivity (Wildman–Crippen MR) is 368 cm³/mol. The van der Waals surface area contributed by atoms with E-state index in [0.717, 1.165) is 108 Å². The highest BCUT2D eigenvalue weighted by Gasteiger charge is 2.30. The molecule has 0 aromatic rings. The third-order valence-corrected chi connectivity index (χ3v) is 19.0. The van der Waals surface area contributed by atoms with Gasteiger partial charge in [0.2, 0.25) is 0 Å². The molecule has 0 saturated heterocycles. The van der Waals surface area contributed by atoms with Gasteiger partial charge in [0.15, 0.2) is 12.2 Å². The number of aliphatic hydroxyl groups excluding tert-OH is 1. The third-order valence-electron chi connectivity index (χ3n) is 17.1. The van der Waals surface area contributed by atoms with Crippen LogP contribution >= 0.6 is 15.6 Å². The molecule has 0 aliphatic heterocycles. The van der Waals surface area contributed by atoms with Crippen molar-refractivity contribution in [3.63, 3.8) is 0 Å². The molecule has 0 aliphatic rings. The third kappa shape index (κ3) is 65.1. The molecule has 6 atom stereocenters. The number of phosphoric acid groups is 2. The minimum absolute atomic E-state index is 0.106. The fourth-order valence-electron chi connectivity index (χ4n) is 10.9. The van der Waals surface area contributed by atoms with Gasteiger partial charge in [0.25, 0.3) is 0 Å². The van der Waals surface area contributed by atoms with Crippen LogP contribution in [0.1, 0.15) is 369 Å². The summed E-state index contributed by atoms with van der Waals surface area (Å²) in [6, 6.07) is 0. The molecule has 0 fully saturated rings. The lowest BCUT2D eigenvalue weighted by molar-refractivity contribution is -0.161. The summed E-state index contributed by atoms with van der Waals surface area (Å²) in [5.41, 5.74) is 0. The van der Waals surface area contributed by atoms with Crippen molar-refractivity contribution in [2.24, 2.45) is 11.8 Å². The van der Waals surface area contributed by atoms with Gasteiger partial charge >= 0.3 is 39.5 Å². The first-order chi connectivity index (χ1) is 43.9. The van der Waals surface area contributed by atoms with Gasteiger partial charge in [-0.05, 0) is 37.5 Å². The van der Waals surface area contributed by atoms with Gasteiger partial charge in [-0.25, -0.2) is 9.13 Å². The van der Waals surface area contributed by atoms with Crippen molar-refractivity contribution in [2.75, 3.05) is 39.6 Å². The number of aliphatic hydroxyl groups is 1. The first-order valence-electron chi connectivity index (χ1n) is 37.5. The molecule has 0 rings (SSSR count). The van der Waals surface area contributed by atoms with E-state index in [2.05, 4.69) is 41.5 Å². The maximum atomic E-state index is 13.0. The molecule has 0 aromatic heterocycles. The van der Waals surface area contributed by atoms with Crippen molar-refractivity contribution in [1.82, 2.24) is 0 Å². The minimum atomic E-state index is -4.95. The Kier molecular flexibility index (Phi) is 62.7. The molecule has 19 heteroatoms. The molecule has 0 amide bonds. The summed E-state index contributed by atoms with van der Waals surface area (Å²) in [7, 11) is -9.90. The van der Waals surface area contributed by atoms with E-state index >= 15 is 0 Å². The van der Waals surface area contributed by atoms with Crippen LogP contribution in [0.4, 0.5) is 0 Å². The second-order valence-corrected chi connectivity index (χ2v) is 29.6. The van der Waals surface area contributed by atoms with Crippen LogP contribution in [0.15, 0.2) is 0 Å². The zero-order valence-electron chi connectivity index (χ0n) is 59.1. The van der Waals surface area contributed by atoms with E-state index in [9.17, 15) is 43.2 Å². The Hall–Kier alpha value is -1.94. The number of phosphoric ester groups is 2. The maximum Gasteiger partial charge on any atom is 0.472 e. The molecular formula is C72H140O17P2. The molecule has 91 heavy (non-hydrogen) atoms. The predicted octanol–water partition coefficient (Wildman–Crippen LogP) is 20.8. The van der Waals surface area contributed by atoms with E-state index in [0.29, 0.717) is 25.7 Å². The molecular weight excluding hydrogens is 1200 g/mol. The van der Waals surface area contributed by atoms with Crippen LogP contribution in [0.5, 0.6) is 0 Å². The van der Waals surface area contributed by atoms with Gasteiger partial charge in [0.05, 0.1) is 26.4 Å². The van der Waals surface area contributed by atoms with Crippen LogP contribution in [0.3, 0.4) is 0 Å². The Balaban J connectivity index is 5.16. The van der Waals surface area contributed by atoms with Crippen molar-refractivity contribution in [3.05, 3.63) is 0 Å². The average Bonchev–Trinajstić information content (AvgIpc) is 3.39. The van der Waals surface area contributed by atoms with Crippen LogP contribution in [0.25, 0.3) is 0 Å². The lowest BCUT2D eigenvalue weighted by atomic mass is 9.99. The highest BCUT2D eigenvalue weighted by molar-refractivity contribution is 7.47. The number of ether oxygens (including phenoxy) is 4. The van der Waals surface area contributed by atoms with Crippen LogP contribution < -0.4 is 0 Å². The highest BCUT2D eigenvalue weighted by Crippen LogP contribution is 2.45. The molecule has 0 bridgehead atoms. The van der Waals surface area contributed by atoms with Gasteiger partial charge in [-0.2, -0.15) is 0 Å². The topological polar surface area (TPSA) is 237 Å². The summed E-state index contributed by atoms with van der Waals surface area (Å²) in [5.74, 6) is -0.527. The number of esters is 4. The number of carbonyl (C=O) groups excluding carboxylic acids is 4. The second-order valence-electron chi connectivity index (χ2n) is 26.7. The second kappa shape index (κ2) is 64.1. The van der Waals surface area contributed by atoms with E-state index in [-0.39, 0.29) is 25.7 Å².